The standard InChI is InChI=1S/C36H44O6/c1-39-29-12-10-25-19-27-24(18-22-8-9-22)14-15-35-31(25)32(29)42-33(35)36(40-2)17-16-34(27,35)26(11-13-30(37)38)28(36)21-41-20-23-6-4-3-5-7-23/h3-7,10,12,22,24,26-28,33H,8-9,11,13-21H2,1-2H3,(H,37,38). The van der Waals surface area contributed by atoms with Gasteiger partial charge in [-0.3, -0.25) is 4.79 Å². The third-order valence-corrected chi connectivity index (χ3v) is 12.9. The van der Waals surface area contributed by atoms with Crippen molar-refractivity contribution in [3.63, 3.8) is 0 Å². The van der Waals surface area contributed by atoms with E-state index in [9.17, 15) is 9.90 Å². The normalized spacial score (nSPS) is 38.6. The van der Waals surface area contributed by atoms with Crippen LogP contribution in [0.3, 0.4) is 0 Å². The van der Waals surface area contributed by atoms with Crippen LogP contribution in [-0.2, 0) is 32.7 Å². The van der Waals surface area contributed by atoms with Crippen LogP contribution < -0.4 is 9.47 Å². The lowest BCUT2D eigenvalue weighted by Crippen LogP contribution is -2.81. The molecule has 2 spiro atoms. The first-order valence-corrected chi connectivity index (χ1v) is 16.2. The lowest BCUT2D eigenvalue weighted by Gasteiger charge is -2.76. The van der Waals surface area contributed by atoms with Crippen molar-refractivity contribution in [1.29, 1.82) is 0 Å². The zero-order valence-corrected chi connectivity index (χ0v) is 25.0. The minimum absolute atomic E-state index is 0.0312. The molecule has 5 fully saturated rings. The van der Waals surface area contributed by atoms with Crippen LogP contribution in [0.2, 0.25) is 0 Å². The molecule has 0 saturated heterocycles. The Morgan fingerprint density at radius 1 is 1.02 bits per heavy atom. The van der Waals surface area contributed by atoms with E-state index in [4.69, 9.17) is 18.9 Å². The van der Waals surface area contributed by atoms with Crippen LogP contribution in [0.4, 0.5) is 0 Å². The Labute approximate surface area is 249 Å². The number of fused-ring (bicyclic) bond motifs is 2. The van der Waals surface area contributed by atoms with E-state index in [0.717, 1.165) is 48.7 Å². The van der Waals surface area contributed by atoms with Gasteiger partial charge in [0.15, 0.2) is 11.5 Å². The molecule has 1 heterocycles. The molecule has 6 nitrogen and oxygen atoms in total. The summed E-state index contributed by atoms with van der Waals surface area (Å²) in [5, 5.41) is 10.0. The van der Waals surface area contributed by atoms with E-state index in [1.807, 2.05) is 25.3 Å². The first kappa shape index (κ1) is 27.0. The Hall–Kier alpha value is -2.57. The third kappa shape index (κ3) is 3.48. The van der Waals surface area contributed by atoms with Gasteiger partial charge >= 0.3 is 5.97 Å². The maximum absolute atomic E-state index is 12.2. The van der Waals surface area contributed by atoms with Gasteiger partial charge in [-0.2, -0.15) is 0 Å². The van der Waals surface area contributed by atoms with Gasteiger partial charge < -0.3 is 24.1 Å². The Bertz CT molecular complexity index is 1370. The number of aliphatic carboxylic acids is 1. The maximum Gasteiger partial charge on any atom is 0.303 e. The van der Waals surface area contributed by atoms with E-state index in [-0.39, 0.29) is 35.2 Å². The first-order valence-electron chi connectivity index (χ1n) is 16.2. The van der Waals surface area contributed by atoms with Crippen molar-refractivity contribution in [3.05, 3.63) is 59.2 Å². The highest BCUT2D eigenvalue weighted by Crippen LogP contribution is 2.81. The molecule has 0 radical (unpaired) electrons. The summed E-state index contributed by atoms with van der Waals surface area (Å²) in [5.74, 6) is 3.35. The molecular formula is C36H44O6. The molecule has 224 valence electrons. The molecule has 4 bridgehead atoms. The van der Waals surface area contributed by atoms with Gasteiger partial charge in [-0.1, -0.05) is 49.2 Å². The number of hydrogen-bond donors (Lipinski definition) is 1. The number of carbonyl (C=O) groups is 1. The molecule has 1 aliphatic heterocycles. The van der Waals surface area contributed by atoms with Crippen LogP contribution in [0, 0.1) is 35.0 Å². The van der Waals surface area contributed by atoms with Gasteiger partial charge in [-0.15, -0.1) is 0 Å². The van der Waals surface area contributed by atoms with Gasteiger partial charge in [0.05, 0.1) is 20.3 Å². The van der Waals surface area contributed by atoms with E-state index in [0.29, 0.717) is 31.5 Å². The van der Waals surface area contributed by atoms with Crippen molar-refractivity contribution in [3.8, 4) is 11.5 Å². The molecule has 2 aromatic rings. The van der Waals surface area contributed by atoms with Gasteiger partial charge in [-0.25, -0.2) is 0 Å². The summed E-state index contributed by atoms with van der Waals surface area (Å²) >= 11 is 0. The number of rotatable bonds is 11. The predicted molar refractivity (Wildman–Crippen MR) is 158 cm³/mol. The number of carboxylic acids is 1. The summed E-state index contributed by atoms with van der Waals surface area (Å²) in [7, 11) is 3.60. The van der Waals surface area contributed by atoms with Crippen molar-refractivity contribution in [1.82, 2.24) is 0 Å². The van der Waals surface area contributed by atoms with Crippen molar-refractivity contribution in [2.75, 3.05) is 20.8 Å². The van der Waals surface area contributed by atoms with Crippen LogP contribution >= 0.6 is 0 Å². The van der Waals surface area contributed by atoms with E-state index in [1.165, 1.54) is 36.8 Å². The molecule has 7 aliphatic rings. The van der Waals surface area contributed by atoms with Crippen molar-refractivity contribution >= 4 is 5.97 Å². The van der Waals surface area contributed by atoms with E-state index >= 15 is 0 Å². The summed E-state index contributed by atoms with van der Waals surface area (Å²) in [4.78, 5) is 12.2. The Morgan fingerprint density at radius 2 is 1.86 bits per heavy atom. The SMILES string of the molecule is COc1ccc2c3c1OC1C4(OC)CCC5(C(C2)C(CC2CC2)CCC315)C(CCC(=O)O)C4COCc1ccccc1. The van der Waals surface area contributed by atoms with Gasteiger partial charge in [0, 0.05) is 30.4 Å². The molecule has 6 heteroatoms. The Morgan fingerprint density at radius 3 is 2.60 bits per heavy atom. The number of carboxylic acid groups (broad SMARTS) is 1. The molecule has 6 aliphatic carbocycles. The quantitative estimate of drug-likeness (QED) is 0.328. The molecule has 8 unspecified atom stereocenters. The molecular weight excluding hydrogens is 528 g/mol. The molecule has 2 aromatic carbocycles. The van der Waals surface area contributed by atoms with E-state index in [2.05, 4.69) is 24.3 Å². The van der Waals surface area contributed by atoms with Crippen molar-refractivity contribution < 1.29 is 28.8 Å². The molecule has 0 aromatic heterocycles. The lowest BCUT2D eigenvalue weighted by molar-refractivity contribution is -0.314. The lowest BCUT2D eigenvalue weighted by atomic mass is 9.28. The summed E-state index contributed by atoms with van der Waals surface area (Å²) in [6, 6.07) is 14.7. The largest absolute Gasteiger partial charge is 0.493 e. The summed E-state index contributed by atoms with van der Waals surface area (Å²) in [6.07, 6.45) is 10.2. The average Bonchev–Trinajstić information content (AvgIpc) is 3.75. The van der Waals surface area contributed by atoms with Crippen LogP contribution in [0.25, 0.3) is 0 Å². The summed E-state index contributed by atoms with van der Waals surface area (Å²) < 4.78 is 26.4. The van der Waals surface area contributed by atoms with Gasteiger partial charge in [0.1, 0.15) is 11.7 Å². The highest BCUT2D eigenvalue weighted by Gasteiger charge is 2.83. The van der Waals surface area contributed by atoms with Crippen molar-refractivity contribution in [2.45, 2.75) is 87.9 Å². The molecule has 8 atom stereocenters. The molecule has 9 rings (SSSR count). The Kier molecular flexibility index (Phi) is 6.25. The summed E-state index contributed by atoms with van der Waals surface area (Å²) in [6.45, 7) is 1.09. The molecule has 42 heavy (non-hydrogen) atoms. The molecule has 1 N–H and O–H groups in total. The third-order valence-electron chi connectivity index (χ3n) is 12.9. The topological polar surface area (TPSA) is 74.2 Å². The monoisotopic (exact) mass is 572 g/mol. The fraction of sp³-hybridized carbons (Fsp3) is 0.639. The number of hydrogen-bond acceptors (Lipinski definition) is 5. The van der Waals surface area contributed by atoms with Crippen LogP contribution in [-0.4, -0.2) is 43.6 Å². The minimum atomic E-state index is -0.710. The van der Waals surface area contributed by atoms with Crippen molar-refractivity contribution in [2.24, 2.45) is 35.0 Å². The number of ether oxygens (including phenoxy) is 4. The van der Waals surface area contributed by atoms with E-state index < -0.39 is 11.6 Å². The van der Waals surface area contributed by atoms with Crippen LogP contribution in [0.15, 0.2) is 42.5 Å². The molecule has 5 saturated carbocycles. The average molecular weight is 573 g/mol. The second-order valence-electron chi connectivity index (χ2n) is 14.2. The fourth-order valence-corrected chi connectivity index (χ4v) is 11.4. The zero-order valence-electron chi connectivity index (χ0n) is 25.0. The minimum Gasteiger partial charge on any atom is -0.493 e. The van der Waals surface area contributed by atoms with Gasteiger partial charge in [0.25, 0.3) is 0 Å². The fourth-order valence-electron chi connectivity index (χ4n) is 11.4. The number of benzene rings is 2. The maximum atomic E-state index is 12.2. The number of methoxy groups -OCH3 is 2. The van der Waals surface area contributed by atoms with Gasteiger partial charge in [0.2, 0.25) is 0 Å². The highest BCUT2D eigenvalue weighted by molar-refractivity contribution is 5.67. The summed E-state index contributed by atoms with van der Waals surface area (Å²) in [5.41, 5.74) is 3.20. The predicted octanol–water partition coefficient (Wildman–Crippen LogP) is 6.57. The molecule has 0 amide bonds. The second-order valence-corrected chi connectivity index (χ2v) is 14.2. The second kappa shape index (κ2) is 9.72. The Balaban J connectivity index is 1.29. The first-order chi connectivity index (χ1) is 20.5. The smallest absolute Gasteiger partial charge is 0.303 e. The highest BCUT2D eigenvalue weighted by atomic mass is 16.6. The zero-order chi connectivity index (χ0) is 28.7. The van der Waals surface area contributed by atoms with Gasteiger partial charge in [-0.05, 0) is 91.2 Å². The van der Waals surface area contributed by atoms with Crippen LogP contribution in [0.1, 0.15) is 74.5 Å². The van der Waals surface area contributed by atoms with Crippen LogP contribution in [0.5, 0.6) is 11.5 Å². The van der Waals surface area contributed by atoms with E-state index in [1.54, 1.807) is 7.11 Å².